The molecule has 6 nitrogen and oxygen atoms in total. The van der Waals surface area contributed by atoms with Crippen molar-refractivity contribution in [2.45, 2.75) is 63.9 Å². The number of methoxy groups -OCH3 is 1. The first-order valence-corrected chi connectivity index (χ1v) is 15.2. The fourth-order valence-electron chi connectivity index (χ4n) is 5.05. The third-order valence-corrected chi connectivity index (χ3v) is 8.26. The largest absolute Gasteiger partial charge is 0.491 e. The van der Waals surface area contributed by atoms with E-state index in [-0.39, 0.29) is 5.92 Å². The summed E-state index contributed by atoms with van der Waals surface area (Å²) < 4.78 is 13.4. The van der Waals surface area contributed by atoms with Crippen molar-refractivity contribution >= 4 is 35.2 Å². The van der Waals surface area contributed by atoms with Crippen LogP contribution in [0, 0.1) is 0 Å². The number of unbranched alkanes of at least 4 members (excludes halogenated alkanes) is 4. The number of aryl methyl sites for hydroxylation is 1. The molecular weight excluding hydrogens is 520 g/mol. The second-order valence-corrected chi connectivity index (χ2v) is 11.4. The fourth-order valence-corrected chi connectivity index (χ4v) is 5.55. The Morgan fingerprint density at radius 2 is 1.97 bits per heavy atom. The van der Waals surface area contributed by atoms with E-state index in [4.69, 9.17) is 21.1 Å². The van der Waals surface area contributed by atoms with Gasteiger partial charge in [-0.1, -0.05) is 68.3 Å². The zero-order valence-electron chi connectivity index (χ0n) is 23.2. The number of rotatable bonds is 14. The Balaban J connectivity index is 1.79. The standard InChI is InChI=1S/C30H43ClN2O4S/c1-5-11-22-18-25(31)13-14-26(22)24-20-33(17-10-8-6-7-9-16-32(2)38-4)27-19-23(29(34)30(35)36-3)12-15-28(27)37-21-24/h12-15,18-19,24,29,34H,5-11,16-17,20-21H2,1-4H3. The van der Waals surface area contributed by atoms with Gasteiger partial charge < -0.3 is 19.5 Å². The van der Waals surface area contributed by atoms with Crippen LogP contribution in [0.25, 0.3) is 0 Å². The molecule has 0 aromatic heterocycles. The zero-order chi connectivity index (χ0) is 27.5. The van der Waals surface area contributed by atoms with Crippen LogP contribution in [0.2, 0.25) is 5.02 Å². The minimum absolute atomic E-state index is 0.178. The molecule has 0 radical (unpaired) electrons. The van der Waals surface area contributed by atoms with Gasteiger partial charge in [0.05, 0.1) is 19.4 Å². The van der Waals surface area contributed by atoms with Gasteiger partial charge in [-0.25, -0.2) is 4.79 Å². The highest BCUT2D eigenvalue weighted by atomic mass is 35.5. The van der Waals surface area contributed by atoms with Crippen LogP contribution in [0.5, 0.6) is 5.75 Å². The molecule has 210 valence electrons. The number of ether oxygens (including phenoxy) is 2. The summed E-state index contributed by atoms with van der Waals surface area (Å²) in [6, 6.07) is 11.7. The molecule has 1 aliphatic heterocycles. The Morgan fingerprint density at radius 3 is 2.71 bits per heavy atom. The highest BCUT2D eigenvalue weighted by Gasteiger charge is 2.28. The molecule has 0 saturated carbocycles. The predicted molar refractivity (Wildman–Crippen MR) is 159 cm³/mol. The summed E-state index contributed by atoms with van der Waals surface area (Å²) in [5, 5.41) is 11.3. The first-order chi connectivity index (χ1) is 18.4. The van der Waals surface area contributed by atoms with Crippen molar-refractivity contribution in [2.75, 3.05) is 51.6 Å². The third-order valence-electron chi connectivity index (χ3n) is 7.22. The molecule has 2 atom stereocenters. The molecule has 0 amide bonds. The molecule has 2 unspecified atom stereocenters. The number of halogens is 1. The van der Waals surface area contributed by atoms with Gasteiger partial charge in [-0.2, -0.15) is 0 Å². The topological polar surface area (TPSA) is 62.2 Å². The molecule has 1 aliphatic rings. The van der Waals surface area contributed by atoms with Gasteiger partial charge in [0.1, 0.15) is 5.75 Å². The van der Waals surface area contributed by atoms with E-state index in [2.05, 4.69) is 41.6 Å². The number of hydrogen-bond acceptors (Lipinski definition) is 7. The number of fused-ring (bicyclic) bond motifs is 1. The smallest absolute Gasteiger partial charge is 0.339 e. The minimum Gasteiger partial charge on any atom is -0.491 e. The molecule has 0 saturated heterocycles. The van der Waals surface area contributed by atoms with E-state index in [1.807, 2.05) is 18.2 Å². The lowest BCUT2D eigenvalue weighted by atomic mass is 9.92. The maximum Gasteiger partial charge on any atom is 0.339 e. The van der Waals surface area contributed by atoms with E-state index in [0.29, 0.717) is 12.2 Å². The van der Waals surface area contributed by atoms with Crippen molar-refractivity contribution in [3.05, 3.63) is 58.1 Å². The van der Waals surface area contributed by atoms with E-state index < -0.39 is 12.1 Å². The van der Waals surface area contributed by atoms with Crippen LogP contribution in [0.15, 0.2) is 36.4 Å². The highest BCUT2D eigenvalue weighted by molar-refractivity contribution is 7.96. The molecule has 1 heterocycles. The highest BCUT2D eigenvalue weighted by Crippen LogP contribution is 2.38. The monoisotopic (exact) mass is 562 g/mol. The number of aliphatic hydroxyl groups is 1. The Kier molecular flexibility index (Phi) is 12.6. The summed E-state index contributed by atoms with van der Waals surface area (Å²) in [5.74, 6) is 0.290. The van der Waals surface area contributed by atoms with Crippen LogP contribution in [-0.2, 0) is 16.0 Å². The Bertz CT molecular complexity index is 1040. The molecule has 3 rings (SSSR count). The van der Waals surface area contributed by atoms with Crippen LogP contribution in [-0.4, -0.2) is 62.0 Å². The molecule has 1 N–H and O–H groups in total. The normalized spacial score (nSPS) is 16.1. The van der Waals surface area contributed by atoms with Gasteiger partial charge >= 0.3 is 5.97 Å². The first kappa shape index (κ1) is 30.6. The number of carbonyl (C=O) groups excluding carboxylic acids is 1. The maximum absolute atomic E-state index is 12.0. The molecule has 8 heteroatoms. The average molecular weight is 563 g/mol. The second kappa shape index (κ2) is 15.6. The molecule has 0 fully saturated rings. The lowest BCUT2D eigenvalue weighted by Crippen LogP contribution is -2.30. The Morgan fingerprint density at radius 1 is 1.21 bits per heavy atom. The quantitative estimate of drug-likeness (QED) is 0.157. The second-order valence-electron chi connectivity index (χ2n) is 10.0. The van der Waals surface area contributed by atoms with Crippen molar-refractivity contribution in [1.29, 1.82) is 0 Å². The molecule has 38 heavy (non-hydrogen) atoms. The van der Waals surface area contributed by atoms with Crippen molar-refractivity contribution in [1.82, 2.24) is 4.31 Å². The summed E-state index contributed by atoms with van der Waals surface area (Å²) in [7, 11) is 3.42. The summed E-state index contributed by atoms with van der Waals surface area (Å²) in [6.45, 7) is 5.53. The lowest BCUT2D eigenvalue weighted by molar-refractivity contribution is -0.150. The van der Waals surface area contributed by atoms with Crippen molar-refractivity contribution in [3.63, 3.8) is 0 Å². The van der Waals surface area contributed by atoms with E-state index in [0.717, 1.165) is 61.8 Å². The van der Waals surface area contributed by atoms with E-state index in [1.54, 1.807) is 18.0 Å². The van der Waals surface area contributed by atoms with Gasteiger partial charge in [-0.3, -0.25) is 4.31 Å². The van der Waals surface area contributed by atoms with Gasteiger partial charge in [-0.15, -0.1) is 0 Å². The molecule has 0 aliphatic carbocycles. The summed E-state index contributed by atoms with van der Waals surface area (Å²) >= 11 is 8.13. The van der Waals surface area contributed by atoms with E-state index in [1.165, 1.54) is 37.5 Å². The first-order valence-electron chi connectivity index (χ1n) is 13.7. The molecule has 0 spiro atoms. The van der Waals surface area contributed by atoms with Crippen LogP contribution < -0.4 is 9.64 Å². The number of hydrogen-bond donors (Lipinski definition) is 1. The molecule has 2 aromatic carbocycles. The maximum atomic E-state index is 12.0. The SMILES string of the molecule is CCCc1cc(Cl)ccc1C1COc2ccc(C(O)C(=O)OC)cc2N(CCCCCCCN(C)SC)C1. The van der Waals surface area contributed by atoms with Gasteiger partial charge in [0.25, 0.3) is 0 Å². The average Bonchev–Trinajstić information content (AvgIpc) is 3.10. The summed E-state index contributed by atoms with van der Waals surface area (Å²) in [6.07, 6.45) is 8.69. The van der Waals surface area contributed by atoms with Gasteiger partial charge in [0.15, 0.2) is 6.10 Å². The Labute approximate surface area is 237 Å². The van der Waals surface area contributed by atoms with Gasteiger partial charge in [0, 0.05) is 30.6 Å². The number of nitrogens with zero attached hydrogens (tertiary/aromatic N) is 2. The fraction of sp³-hybridized carbons (Fsp3) is 0.567. The van der Waals surface area contributed by atoms with Crippen LogP contribution in [0.4, 0.5) is 5.69 Å². The number of benzene rings is 2. The van der Waals surface area contributed by atoms with Crippen molar-refractivity contribution in [2.24, 2.45) is 0 Å². The van der Waals surface area contributed by atoms with Gasteiger partial charge in [0.2, 0.25) is 0 Å². The van der Waals surface area contributed by atoms with Crippen molar-refractivity contribution in [3.8, 4) is 5.75 Å². The van der Waals surface area contributed by atoms with Crippen LogP contribution in [0.3, 0.4) is 0 Å². The molecule has 0 bridgehead atoms. The van der Waals surface area contributed by atoms with E-state index >= 15 is 0 Å². The number of aliphatic hydroxyl groups excluding tert-OH is 1. The summed E-state index contributed by atoms with van der Waals surface area (Å²) in [4.78, 5) is 14.4. The van der Waals surface area contributed by atoms with E-state index in [9.17, 15) is 9.90 Å². The van der Waals surface area contributed by atoms with Crippen molar-refractivity contribution < 1.29 is 19.4 Å². The lowest BCUT2D eigenvalue weighted by Gasteiger charge is -2.28. The number of esters is 1. The van der Waals surface area contributed by atoms with Crippen LogP contribution in [0.1, 0.15) is 74.2 Å². The predicted octanol–water partition coefficient (Wildman–Crippen LogP) is 6.64. The Hall–Kier alpha value is -1.93. The molecular formula is C30H43ClN2O4S. The zero-order valence-corrected chi connectivity index (χ0v) is 24.8. The minimum atomic E-state index is -1.32. The van der Waals surface area contributed by atoms with Gasteiger partial charge in [-0.05, 0) is 73.5 Å². The number of anilines is 1. The van der Waals surface area contributed by atoms with Crippen LogP contribution >= 0.6 is 23.5 Å². The third kappa shape index (κ3) is 8.54. The molecule has 2 aromatic rings. The summed E-state index contributed by atoms with van der Waals surface area (Å²) in [5.41, 5.74) is 3.98. The number of carbonyl (C=O) groups is 1.